The Morgan fingerprint density at radius 2 is 1.94 bits per heavy atom. The van der Waals surface area contributed by atoms with Crippen molar-refractivity contribution in [3.8, 4) is 5.75 Å². The van der Waals surface area contributed by atoms with Gasteiger partial charge in [0, 0.05) is 5.56 Å². The standard InChI is InChI=1S/C14H23NO2/c1-5-13(15-17-10-11(2)3)12-8-6-7-9-14(12)16-4/h6-9,11,13,15H,5,10H2,1-4H3. The molecule has 0 aliphatic heterocycles. The molecule has 1 aromatic rings. The molecule has 0 aliphatic carbocycles. The highest BCUT2D eigenvalue weighted by Crippen LogP contribution is 2.26. The summed E-state index contributed by atoms with van der Waals surface area (Å²) < 4.78 is 5.36. The largest absolute Gasteiger partial charge is 0.496 e. The van der Waals surface area contributed by atoms with Gasteiger partial charge in [0.15, 0.2) is 0 Å². The maximum absolute atomic E-state index is 5.50. The third-order valence-corrected chi connectivity index (χ3v) is 2.56. The molecule has 1 unspecified atom stereocenters. The SMILES string of the molecule is CCC(NOCC(C)C)c1ccccc1OC. The van der Waals surface area contributed by atoms with Crippen LogP contribution in [0.1, 0.15) is 38.8 Å². The number of hydrogen-bond acceptors (Lipinski definition) is 3. The van der Waals surface area contributed by atoms with Crippen LogP contribution in [0.5, 0.6) is 5.75 Å². The van der Waals surface area contributed by atoms with E-state index in [4.69, 9.17) is 9.57 Å². The van der Waals surface area contributed by atoms with Gasteiger partial charge in [-0.05, 0) is 18.4 Å². The Labute approximate surface area is 104 Å². The Kier molecular flexibility index (Phi) is 6.01. The van der Waals surface area contributed by atoms with Crippen LogP contribution in [0.4, 0.5) is 0 Å². The number of rotatable bonds is 7. The fourth-order valence-corrected chi connectivity index (χ4v) is 1.64. The molecule has 1 rings (SSSR count). The second-order valence-corrected chi connectivity index (χ2v) is 4.53. The first kappa shape index (κ1) is 14.0. The third-order valence-electron chi connectivity index (χ3n) is 2.56. The van der Waals surface area contributed by atoms with E-state index in [1.807, 2.05) is 18.2 Å². The topological polar surface area (TPSA) is 30.5 Å². The van der Waals surface area contributed by atoms with Crippen LogP contribution in [0.2, 0.25) is 0 Å². The molecule has 96 valence electrons. The van der Waals surface area contributed by atoms with Gasteiger partial charge in [-0.15, -0.1) is 0 Å². The molecule has 1 atom stereocenters. The minimum atomic E-state index is 0.171. The van der Waals surface area contributed by atoms with Crippen LogP contribution in [0, 0.1) is 5.92 Å². The van der Waals surface area contributed by atoms with Crippen molar-refractivity contribution in [2.75, 3.05) is 13.7 Å². The Morgan fingerprint density at radius 1 is 1.24 bits per heavy atom. The fourth-order valence-electron chi connectivity index (χ4n) is 1.64. The molecule has 0 heterocycles. The van der Waals surface area contributed by atoms with Crippen LogP contribution in [-0.2, 0) is 4.84 Å². The minimum absolute atomic E-state index is 0.171. The Balaban J connectivity index is 2.65. The molecule has 0 aromatic heterocycles. The van der Waals surface area contributed by atoms with Crippen LogP contribution in [0.25, 0.3) is 0 Å². The van der Waals surface area contributed by atoms with Gasteiger partial charge in [-0.2, -0.15) is 5.48 Å². The van der Waals surface area contributed by atoms with Gasteiger partial charge in [-0.3, -0.25) is 0 Å². The summed E-state index contributed by atoms with van der Waals surface area (Å²) in [5.41, 5.74) is 4.25. The van der Waals surface area contributed by atoms with E-state index in [0.717, 1.165) is 17.7 Å². The first-order valence-electron chi connectivity index (χ1n) is 6.19. The summed E-state index contributed by atoms with van der Waals surface area (Å²) >= 11 is 0. The lowest BCUT2D eigenvalue weighted by Gasteiger charge is -2.20. The van der Waals surface area contributed by atoms with E-state index in [1.54, 1.807) is 7.11 Å². The highest BCUT2D eigenvalue weighted by Gasteiger charge is 2.13. The highest BCUT2D eigenvalue weighted by molar-refractivity contribution is 5.35. The zero-order valence-corrected chi connectivity index (χ0v) is 11.2. The van der Waals surface area contributed by atoms with E-state index in [0.29, 0.717) is 12.5 Å². The van der Waals surface area contributed by atoms with E-state index >= 15 is 0 Å². The van der Waals surface area contributed by atoms with Gasteiger partial charge in [0.1, 0.15) is 5.75 Å². The van der Waals surface area contributed by atoms with Gasteiger partial charge < -0.3 is 9.57 Å². The van der Waals surface area contributed by atoms with Crippen LogP contribution in [0.15, 0.2) is 24.3 Å². The zero-order valence-electron chi connectivity index (χ0n) is 11.2. The van der Waals surface area contributed by atoms with Crippen LogP contribution < -0.4 is 10.2 Å². The summed E-state index contributed by atoms with van der Waals surface area (Å²) in [6.07, 6.45) is 0.957. The summed E-state index contributed by atoms with van der Waals surface area (Å²) in [6.45, 7) is 7.10. The van der Waals surface area contributed by atoms with E-state index < -0.39 is 0 Å². The normalized spacial score (nSPS) is 12.8. The lowest BCUT2D eigenvalue weighted by Crippen LogP contribution is -2.23. The number of hydroxylamine groups is 1. The molecule has 3 heteroatoms. The predicted octanol–water partition coefficient (Wildman–Crippen LogP) is 3.32. The summed E-state index contributed by atoms with van der Waals surface area (Å²) in [4.78, 5) is 5.50. The Hall–Kier alpha value is -1.06. The lowest BCUT2D eigenvalue weighted by molar-refractivity contribution is -0.00102. The molecule has 3 nitrogen and oxygen atoms in total. The Morgan fingerprint density at radius 3 is 2.53 bits per heavy atom. The molecule has 0 amide bonds. The molecule has 0 radical (unpaired) electrons. The number of methoxy groups -OCH3 is 1. The molecular weight excluding hydrogens is 214 g/mol. The van der Waals surface area contributed by atoms with Crippen molar-refractivity contribution in [1.29, 1.82) is 0 Å². The van der Waals surface area contributed by atoms with E-state index in [1.165, 1.54) is 0 Å². The second kappa shape index (κ2) is 7.30. The van der Waals surface area contributed by atoms with Crippen molar-refractivity contribution in [3.05, 3.63) is 29.8 Å². The maximum atomic E-state index is 5.50. The maximum Gasteiger partial charge on any atom is 0.123 e. The molecule has 0 aliphatic rings. The van der Waals surface area contributed by atoms with Crippen LogP contribution in [-0.4, -0.2) is 13.7 Å². The predicted molar refractivity (Wildman–Crippen MR) is 70.0 cm³/mol. The van der Waals surface area contributed by atoms with Gasteiger partial charge in [0.25, 0.3) is 0 Å². The van der Waals surface area contributed by atoms with Crippen molar-refractivity contribution < 1.29 is 9.57 Å². The van der Waals surface area contributed by atoms with Gasteiger partial charge >= 0.3 is 0 Å². The summed E-state index contributed by atoms with van der Waals surface area (Å²) in [7, 11) is 1.69. The van der Waals surface area contributed by atoms with Crippen molar-refractivity contribution >= 4 is 0 Å². The summed E-state index contributed by atoms with van der Waals surface area (Å²) in [5.74, 6) is 1.43. The molecule has 1 N–H and O–H groups in total. The van der Waals surface area contributed by atoms with Crippen LogP contribution >= 0.6 is 0 Å². The molecular formula is C14H23NO2. The molecule has 0 saturated heterocycles. The first-order chi connectivity index (χ1) is 8.19. The Bertz CT molecular complexity index is 326. The first-order valence-corrected chi connectivity index (χ1v) is 6.19. The van der Waals surface area contributed by atoms with Gasteiger partial charge in [-0.25, -0.2) is 0 Å². The number of nitrogens with one attached hydrogen (secondary N) is 1. The summed E-state index contributed by atoms with van der Waals surface area (Å²) in [5, 5.41) is 0. The van der Waals surface area contributed by atoms with Gasteiger partial charge in [0.05, 0.1) is 19.8 Å². The van der Waals surface area contributed by atoms with Gasteiger partial charge in [-0.1, -0.05) is 39.0 Å². The van der Waals surface area contributed by atoms with Gasteiger partial charge in [0.2, 0.25) is 0 Å². The molecule has 0 saturated carbocycles. The molecule has 1 aromatic carbocycles. The lowest BCUT2D eigenvalue weighted by atomic mass is 10.0. The van der Waals surface area contributed by atoms with E-state index in [9.17, 15) is 0 Å². The molecule has 0 spiro atoms. The minimum Gasteiger partial charge on any atom is -0.496 e. The molecule has 17 heavy (non-hydrogen) atoms. The molecule has 0 bridgehead atoms. The van der Waals surface area contributed by atoms with Crippen LogP contribution in [0.3, 0.4) is 0 Å². The van der Waals surface area contributed by atoms with Crippen molar-refractivity contribution in [3.63, 3.8) is 0 Å². The fraction of sp³-hybridized carbons (Fsp3) is 0.571. The summed E-state index contributed by atoms with van der Waals surface area (Å²) in [6, 6.07) is 8.21. The molecule has 0 fully saturated rings. The van der Waals surface area contributed by atoms with E-state index in [-0.39, 0.29) is 6.04 Å². The number of benzene rings is 1. The number of ether oxygens (including phenoxy) is 1. The number of hydrogen-bond donors (Lipinski definition) is 1. The van der Waals surface area contributed by atoms with Crippen molar-refractivity contribution in [2.24, 2.45) is 5.92 Å². The highest BCUT2D eigenvalue weighted by atomic mass is 16.6. The second-order valence-electron chi connectivity index (χ2n) is 4.53. The smallest absolute Gasteiger partial charge is 0.123 e. The number of para-hydroxylation sites is 1. The zero-order chi connectivity index (χ0) is 12.7. The van der Waals surface area contributed by atoms with Crippen molar-refractivity contribution in [2.45, 2.75) is 33.2 Å². The van der Waals surface area contributed by atoms with Crippen molar-refractivity contribution in [1.82, 2.24) is 5.48 Å². The quantitative estimate of drug-likeness (QED) is 0.738. The average Bonchev–Trinajstić information content (AvgIpc) is 2.34. The third kappa shape index (κ3) is 4.36. The van der Waals surface area contributed by atoms with E-state index in [2.05, 4.69) is 32.3 Å². The monoisotopic (exact) mass is 237 g/mol. The average molecular weight is 237 g/mol.